The summed E-state index contributed by atoms with van der Waals surface area (Å²) in [6.45, 7) is 3.62. The molecular weight excluding hydrogens is 462 g/mol. The fourth-order valence-corrected chi connectivity index (χ4v) is 2.83. The van der Waals surface area contributed by atoms with Crippen LogP contribution < -0.4 is 10.1 Å². The molecule has 0 saturated heterocycles. The van der Waals surface area contributed by atoms with Gasteiger partial charge in [-0.3, -0.25) is 9.59 Å². The monoisotopic (exact) mass is 484 g/mol. The Morgan fingerprint density at radius 1 is 1.19 bits per heavy atom. The van der Waals surface area contributed by atoms with Crippen molar-refractivity contribution >= 4 is 34.4 Å². The molecule has 0 aliphatic carbocycles. The van der Waals surface area contributed by atoms with E-state index in [9.17, 15) is 14.0 Å². The van der Waals surface area contributed by atoms with E-state index in [2.05, 4.69) is 27.9 Å². The van der Waals surface area contributed by atoms with Crippen LogP contribution in [0.15, 0.2) is 48.5 Å². The Kier molecular flexibility index (Phi) is 8.02. The normalized spacial score (nSPS) is 11.6. The predicted molar refractivity (Wildman–Crippen MR) is 110 cm³/mol. The van der Waals surface area contributed by atoms with Gasteiger partial charge in [-0.15, -0.1) is 0 Å². The van der Waals surface area contributed by atoms with Crippen molar-refractivity contribution in [1.82, 2.24) is 10.2 Å². The molecule has 0 aliphatic rings. The van der Waals surface area contributed by atoms with E-state index in [0.717, 1.165) is 3.57 Å². The van der Waals surface area contributed by atoms with Crippen LogP contribution in [0.1, 0.15) is 19.4 Å². The zero-order chi connectivity index (χ0) is 19.8. The molecule has 0 fully saturated rings. The Balaban J connectivity index is 2.14. The molecule has 1 atom stereocenters. The Hall–Kier alpha value is -2.16. The molecule has 0 aromatic heterocycles. The summed E-state index contributed by atoms with van der Waals surface area (Å²) >= 11 is 2.18. The summed E-state index contributed by atoms with van der Waals surface area (Å²) in [6, 6.07) is 12.7. The third-order valence-electron chi connectivity index (χ3n) is 3.99. The van der Waals surface area contributed by atoms with Gasteiger partial charge in [-0.25, -0.2) is 4.39 Å². The molecule has 144 valence electrons. The molecule has 2 rings (SSSR count). The zero-order valence-corrected chi connectivity index (χ0v) is 17.4. The lowest BCUT2D eigenvalue weighted by molar-refractivity contribution is -0.142. The molecule has 2 aromatic carbocycles. The first-order chi connectivity index (χ1) is 12.9. The van der Waals surface area contributed by atoms with E-state index in [1.54, 1.807) is 44.2 Å². The average Bonchev–Trinajstić information content (AvgIpc) is 2.66. The van der Waals surface area contributed by atoms with E-state index >= 15 is 0 Å². The quantitative estimate of drug-likeness (QED) is 0.585. The molecule has 0 saturated carbocycles. The fraction of sp³-hybridized carbons (Fsp3) is 0.300. The van der Waals surface area contributed by atoms with E-state index in [-0.39, 0.29) is 19.1 Å². The molecule has 0 spiro atoms. The van der Waals surface area contributed by atoms with Crippen LogP contribution in [0.25, 0.3) is 0 Å². The largest absolute Gasteiger partial charge is 0.484 e. The second-order valence-electron chi connectivity index (χ2n) is 5.93. The number of nitrogens with one attached hydrogen (secondary N) is 1. The van der Waals surface area contributed by atoms with Crippen molar-refractivity contribution in [2.45, 2.75) is 26.4 Å². The van der Waals surface area contributed by atoms with Gasteiger partial charge in [0.1, 0.15) is 17.6 Å². The predicted octanol–water partition coefficient (Wildman–Crippen LogP) is 3.36. The molecule has 2 aromatic rings. The summed E-state index contributed by atoms with van der Waals surface area (Å²) < 4.78 is 20.6. The lowest BCUT2D eigenvalue weighted by Crippen LogP contribution is -2.49. The first-order valence-corrected chi connectivity index (χ1v) is 9.69. The standard InChI is InChI=1S/C20H22FIN2O3/c1-3-23-20(26)14(2)24(12-15-6-4-5-7-18(15)21)19(25)13-27-17-10-8-16(22)9-11-17/h4-11,14H,3,12-13H2,1-2H3,(H,23,26). The highest BCUT2D eigenvalue weighted by Crippen LogP contribution is 2.16. The van der Waals surface area contributed by atoms with Crippen molar-refractivity contribution in [1.29, 1.82) is 0 Å². The Bertz CT molecular complexity index is 783. The molecule has 0 bridgehead atoms. The molecule has 0 heterocycles. The van der Waals surface area contributed by atoms with E-state index in [4.69, 9.17) is 4.74 Å². The van der Waals surface area contributed by atoms with E-state index in [1.807, 2.05) is 12.1 Å². The molecule has 5 nitrogen and oxygen atoms in total. The number of nitrogens with zero attached hydrogens (tertiary/aromatic N) is 1. The number of amides is 2. The minimum Gasteiger partial charge on any atom is -0.484 e. The summed E-state index contributed by atoms with van der Waals surface area (Å²) in [6.07, 6.45) is 0. The Morgan fingerprint density at radius 2 is 1.85 bits per heavy atom. The van der Waals surface area contributed by atoms with Crippen LogP contribution in [0.4, 0.5) is 4.39 Å². The number of hydrogen-bond acceptors (Lipinski definition) is 3. The van der Waals surface area contributed by atoms with Crippen molar-refractivity contribution in [3.8, 4) is 5.75 Å². The van der Waals surface area contributed by atoms with Gasteiger partial charge in [0.05, 0.1) is 0 Å². The van der Waals surface area contributed by atoms with Crippen LogP contribution in [0, 0.1) is 9.39 Å². The lowest BCUT2D eigenvalue weighted by atomic mass is 10.1. The van der Waals surface area contributed by atoms with Crippen molar-refractivity contribution in [2.75, 3.05) is 13.2 Å². The summed E-state index contributed by atoms with van der Waals surface area (Å²) in [5, 5.41) is 2.69. The second kappa shape index (κ2) is 10.2. The van der Waals surface area contributed by atoms with Gasteiger partial charge in [0.15, 0.2) is 6.61 Å². The van der Waals surface area contributed by atoms with Crippen LogP contribution in [-0.2, 0) is 16.1 Å². The van der Waals surface area contributed by atoms with Gasteiger partial charge in [-0.05, 0) is 66.8 Å². The van der Waals surface area contributed by atoms with Crippen molar-refractivity contribution < 1.29 is 18.7 Å². The van der Waals surface area contributed by atoms with Crippen molar-refractivity contribution in [3.05, 3.63) is 63.5 Å². The maximum atomic E-state index is 14.0. The van der Waals surface area contributed by atoms with Crippen molar-refractivity contribution in [3.63, 3.8) is 0 Å². The number of hydrogen-bond donors (Lipinski definition) is 1. The molecule has 0 radical (unpaired) electrons. The number of halogens is 2. The molecule has 1 unspecified atom stereocenters. The summed E-state index contributed by atoms with van der Waals surface area (Å²) in [5.74, 6) is -0.552. The highest BCUT2D eigenvalue weighted by molar-refractivity contribution is 14.1. The van der Waals surface area contributed by atoms with Gasteiger partial charge in [0, 0.05) is 22.2 Å². The molecular formula is C20H22FIN2O3. The van der Waals surface area contributed by atoms with Gasteiger partial charge in [-0.2, -0.15) is 0 Å². The highest BCUT2D eigenvalue weighted by atomic mass is 127. The molecule has 27 heavy (non-hydrogen) atoms. The van der Waals surface area contributed by atoms with Crippen LogP contribution in [0.2, 0.25) is 0 Å². The third kappa shape index (κ3) is 6.20. The molecule has 0 aliphatic heterocycles. The number of benzene rings is 2. The minimum atomic E-state index is -0.752. The van der Waals surface area contributed by atoms with E-state index in [0.29, 0.717) is 17.9 Å². The van der Waals surface area contributed by atoms with Gasteiger partial charge in [-0.1, -0.05) is 18.2 Å². The number of rotatable bonds is 8. The van der Waals surface area contributed by atoms with Crippen molar-refractivity contribution in [2.24, 2.45) is 0 Å². The number of ether oxygens (including phenoxy) is 1. The molecule has 1 N–H and O–H groups in total. The van der Waals surface area contributed by atoms with Crippen LogP contribution in [0.5, 0.6) is 5.75 Å². The minimum absolute atomic E-state index is 0.0140. The second-order valence-corrected chi connectivity index (χ2v) is 7.17. The number of carbonyl (C=O) groups excluding carboxylic acids is 2. The lowest BCUT2D eigenvalue weighted by Gasteiger charge is -2.28. The highest BCUT2D eigenvalue weighted by Gasteiger charge is 2.26. The average molecular weight is 484 g/mol. The van der Waals surface area contributed by atoms with E-state index < -0.39 is 17.8 Å². The number of likely N-dealkylation sites (N-methyl/N-ethyl adjacent to an activating group) is 1. The topological polar surface area (TPSA) is 58.6 Å². The van der Waals surface area contributed by atoms with Gasteiger partial charge in [0.2, 0.25) is 5.91 Å². The Labute approximate surface area is 172 Å². The summed E-state index contributed by atoms with van der Waals surface area (Å²) in [4.78, 5) is 26.3. The zero-order valence-electron chi connectivity index (χ0n) is 15.2. The maximum absolute atomic E-state index is 14.0. The Morgan fingerprint density at radius 3 is 2.48 bits per heavy atom. The van der Waals surface area contributed by atoms with Crippen LogP contribution in [0.3, 0.4) is 0 Å². The van der Waals surface area contributed by atoms with Gasteiger partial charge >= 0.3 is 0 Å². The first kappa shape index (κ1) is 21.1. The first-order valence-electron chi connectivity index (χ1n) is 8.61. The van der Waals surface area contributed by atoms with Gasteiger partial charge < -0.3 is 15.0 Å². The SMILES string of the molecule is CCNC(=O)C(C)N(Cc1ccccc1F)C(=O)COc1ccc(I)cc1. The smallest absolute Gasteiger partial charge is 0.261 e. The van der Waals surface area contributed by atoms with Crippen LogP contribution in [-0.4, -0.2) is 35.9 Å². The fourth-order valence-electron chi connectivity index (χ4n) is 2.47. The van der Waals surface area contributed by atoms with Gasteiger partial charge in [0.25, 0.3) is 5.91 Å². The molecule has 2 amide bonds. The molecule has 7 heteroatoms. The van der Waals surface area contributed by atoms with Crippen LogP contribution >= 0.6 is 22.6 Å². The number of carbonyl (C=O) groups is 2. The maximum Gasteiger partial charge on any atom is 0.261 e. The summed E-state index contributed by atoms with van der Waals surface area (Å²) in [7, 11) is 0. The summed E-state index contributed by atoms with van der Waals surface area (Å²) in [5.41, 5.74) is 0.344. The third-order valence-corrected chi connectivity index (χ3v) is 4.71. The van der Waals surface area contributed by atoms with E-state index in [1.165, 1.54) is 11.0 Å².